The van der Waals surface area contributed by atoms with Crippen LogP contribution in [0.5, 0.6) is 0 Å². The van der Waals surface area contributed by atoms with Crippen molar-refractivity contribution < 1.29 is 9.84 Å². The second kappa shape index (κ2) is 5.45. The molecule has 10 heteroatoms. The lowest BCUT2D eigenvalue weighted by molar-refractivity contribution is -0.0270. The van der Waals surface area contributed by atoms with Crippen molar-refractivity contribution in [3.63, 3.8) is 0 Å². The van der Waals surface area contributed by atoms with E-state index < -0.39 is 29.6 Å². The molecule has 0 bridgehead atoms. The van der Waals surface area contributed by atoms with E-state index in [1.54, 1.807) is 0 Å². The van der Waals surface area contributed by atoms with Crippen LogP contribution in [-0.4, -0.2) is 33.4 Å². The quantitative estimate of drug-likeness (QED) is 0.465. The van der Waals surface area contributed by atoms with Gasteiger partial charge in [0.05, 0.1) is 18.8 Å². The third-order valence-electron chi connectivity index (χ3n) is 2.82. The summed E-state index contributed by atoms with van der Waals surface area (Å²) in [5, 5.41) is 12.5. The number of rotatable bonds is 3. The van der Waals surface area contributed by atoms with E-state index in [4.69, 9.17) is 27.0 Å². The van der Waals surface area contributed by atoms with Crippen LogP contribution in [-0.2, 0) is 4.74 Å². The van der Waals surface area contributed by atoms with E-state index in [0.717, 1.165) is 10.8 Å². The minimum atomic E-state index is -0.755. The highest BCUT2D eigenvalue weighted by Crippen LogP contribution is 2.29. The van der Waals surface area contributed by atoms with Crippen molar-refractivity contribution in [1.29, 1.82) is 0 Å². The third-order valence-corrected chi connectivity index (χ3v) is 3.09. The molecule has 9 nitrogen and oxygen atoms in total. The third kappa shape index (κ3) is 2.64. The molecule has 2 N–H and O–H groups in total. The monoisotopic (exact) mass is 287 g/mol. The first-order valence-corrected chi connectivity index (χ1v) is 5.76. The van der Waals surface area contributed by atoms with Gasteiger partial charge in [0.25, 0.3) is 5.56 Å². The summed E-state index contributed by atoms with van der Waals surface area (Å²) in [4.78, 5) is 27.5. The van der Waals surface area contributed by atoms with E-state index in [2.05, 4.69) is 10.0 Å². The van der Waals surface area contributed by atoms with Gasteiger partial charge in [-0.1, -0.05) is 16.7 Å². The standard InChI is InChI=1S/C9H10ClN5O4/c10-4-2-15(9(18)12-8(4)17)7-1-5(13-14-11)6(3-16)19-7/h2,5-7,16H,1,3H2,(H,12,17,18)/t5?,6-,7-/m1/s1. The fourth-order valence-corrected chi connectivity index (χ4v) is 2.07. The zero-order chi connectivity index (χ0) is 14.0. The first-order chi connectivity index (χ1) is 9.06. The van der Waals surface area contributed by atoms with Gasteiger partial charge in [-0.15, -0.1) is 0 Å². The average molecular weight is 288 g/mol. The number of aromatic amines is 1. The van der Waals surface area contributed by atoms with Crippen LogP contribution < -0.4 is 11.2 Å². The zero-order valence-electron chi connectivity index (χ0n) is 9.56. The van der Waals surface area contributed by atoms with Crippen LogP contribution in [0.3, 0.4) is 0 Å². The number of aliphatic hydroxyl groups excluding tert-OH is 1. The van der Waals surface area contributed by atoms with Gasteiger partial charge < -0.3 is 9.84 Å². The number of hydrogen-bond acceptors (Lipinski definition) is 5. The lowest BCUT2D eigenvalue weighted by Crippen LogP contribution is -2.32. The molecule has 1 aromatic heterocycles. The second-order valence-electron chi connectivity index (χ2n) is 3.96. The lowest BCUT2D eigenvalue weighted by atomic mass is 10.1. The maximum absolute atomic E-state index is 11.6. The van der Waals surface area contributed by atoms with Crippen LogP contribution in [0.1, 0.15) is 12.6 Å². The van der Waals surface area contributed by atoms with Gasteiger partial charge in [0.1, 0.15) is 11.3 Å². The molecule has 1 fully saturated rings. The van der Waals surface area contributed by atoms with E-state index in [1.165, 1.54) is 0 Å². The highest BCUT2D eigenvalue weighted by molar-refractivity contribution is 6.30. The molecule has 1 unspecified atom stereocenters. The van der Waals surface area contributed by atoms with Gasteiger partial charge in [-0.05, 0) is 5.53 Å². The summed E-state index contributed by atoms with van der Waals surface area (Å²) >= 11 is 5.64. The molecule has 0 spiro atoms. The summed E-state index contributed by atoms with van der Waals surface area (Å²) in [5.41, 5.74) is 7.04. The van der Waals surface area contributed by atoms with Gasteiger partial charge >= 0.3 is 5.69 Å². The van der Waals surface area contributed by atoms with Gasteiger partial charge in [0.15, 0.2) is 0 Å². The van der Waals surface area contributed by atoms with Crippen LogP contribution in [0.15, 0.2) is 20.9 Å². The van der Waals surface area contributed by atoms with Crippen molar-refractivity contribution in [2.24, 2.45) is 5.11 Å². The Morgan fingerprint density at radius 1 is 1.68 bits per heavy atom. The molecular weight excluding hydrogens is 278 g/mol. The van der Waals surface area contributed by atoms with Crippen molar-refractivity contribution in [2.45, 2.75) is 24.8 Å². The van der Waals surface area contributed by atoms with Gasteiger partial charge in [-0.2, -0.15) is 0 Å². The molecule has 3 atom stereocenters. The van der Waals surface area contributed by atoms with E-state index >= 15 is 0 Å². The predicted molar refractivity (Wildman–Crippen MR) is 64.9 cm³/mol. The van der Waals surface area contributed by atoms with Crippen LogP contribution in [0.25, 0.3) is 10.4 Å². The van der Waals surface area contributed by atoms with Crippen molar-refractivity contribution in [2.75, 3.05) is 6.61 Å². The number of azide groups is 1. The highest BCUT2D eigenvalue weighted by atomic mass is 35.5. The van der Waals surface area contributed by atoms with Crippen LogP contribution >= 0.6 is 11.6 Å². The number of hydrogen-bond donors (Lipinski definition) is 2. The molecule has 0 radical (unpaired) electrons. The number of aromatic nitrogens is 2. The fraction of sp³-hybridized carbons (Fsp3) is 0.556. The molecular formula is C9H10ClN5O4. The maximum atomic E-state index is 11.6. The Bertz CT molecular complexity index is 634. The lowest BCUT2D eigenvalue weighted by Gasteiger charge is -2.14. The Balaban J connectivity index is 2.34. The Hall–Kier alpha value is -1.80. The molecule has 2 heterocycles. The molecule has 1 aromatic rings. The fourth-order valence-electron chi connectivity index (χ4n) is 1.91. The summed E-state index contributed by atoms with van der Waals surface area (Å²) in [6.07, 6.45) is -0.0919. The smallest absolute Gasteiger partial charge is 0.330 e. The Kier molecular flexibility index (Phi) is 3.91. The first kappa shape index (κ1) is 13.6. The van der Waals surface area contributed by atoms with E-state index in [1.807, 2.05) is 4.98 Å². The average Bonchev–Trinajstić information content (AvgIpc) is 2.77. The second-order valence-corrected chi connectivity index (χ2v) is 4.37. The van der Waals surface area contributed by atoms with E-state index in [9.17, 15) is 9.59 Å². The largest absolute Gasteiger partial charge is 0.394 e. The van der Waals surface area contributed by atoms with Crippen LogP contribution in [0.2, 0.25) is 5.02 Å². The SMILES string of the molecule is [N-]=[N+]=NC1C[C@H](n2cc(Cl)c(=O)[nH]c2=O)O[C@@H]1CO. The molecule has 1 saturated heterocycles. The molecule has 0 amide bonds. The van der Waals surface area contributed by atoms with Crippen molar-refractivity contribution in [3.8, 4) is 0 Å². The normalized spacial score (nSPS) is 26.1. The van der Waals surface area contributed by atoms with E-state index in [-0.39, 0.29) is 18.1 Å². The minimum absolute atomic E-state index is 0.156. The van der Waals surface area contributed by atoms with Gasteiger partial charge in [-0.3, -0.25) is 14.3 Å². The molecule has 102 valence electrons. The van der Waals surface area contributed by atoms with Crippen molar-refractivity contribution in [1.82, 2.24) is 9.55 Å². The predicted octanol–water partition coefficient (Wildman–Crippen LogP) is 0.149. The van der Waals surface area contributed by atoms with Crippen LogP contribution in [0, 0.1) is 0 Å². The number of ether oxygens (including phenoxy) is 1. The summed E-state index contributed by atoms with van der Waals surface area (Å²) in [6, 6.07) is -0.586. The van der Waals surface area contributed by atoms with Gasteiger partial charge in [0.2, 0.25) is 0 Å². The maximum Gasteiger partial charge on any atom is 0.330 e. The Labute approximate surface area is 111 Å². The summed E-state index contributed by atoms with van der Waals surface area (Å²) in [7, 11) is 0. The highest BCUT2D eigenvalue weighted by Gasteiger charge is 2.35. The number of aliphatic hydroxyl groups is 1. The van der Waals surface area contributed by atoms with Gasteiger partial charge in [0, 0.05) is 17.5 Å². The molecule has 1 aliphatic heterocycles. The number of halogens is 1. The molecule has 0 aromatic carbocycles. The van der Waals surface area contributed by atoms with Gasteiger partial charge in [-0.25, -0.2) is 4.79 Å². The molecule has 0 aliphatic carbocycles. The topological polar surface area (TPSA) is 133 Å². The van der Waals surface area contributed by atoms with Crippen LogP contribution in [0.4, 0.5) is 0 Å². The van der Waals surface area contributed by atoms with Crippen molar-refractivity contribution in [3.05, 3.63) is 42.5 Å². The Morgan fingerprint density at radius 2 is 2.42 bits per heavy atom. The molecule has 2 rings (SSSR count). The summed E-state index contributed by atoms with van der Waals surface area (Å²) < 4.78 is 6.50. The number of nitrogens with one attached hydrogen (secondary N) is 1. The van der Waals surface area contributed by atoms with E-state index in [0.29, 0.717) is 0 Å². The number of H-pyrrole nitrogens is 1. The van der Waals surface area contributed by atoms with Crippen molar-refractivity contribution >= 4 is 11.6 Å². The molecule has 1 aliphatic rings. The zero-order valence-corrected chi connectivity index (χ0v) is 10.3. The Morgan fingerprint density at radius 3 is 3.05 bits per heavy atom. The first-order valence-electron chi connectivity index (χ1n) is 5.38. The number of nitrogens with zero attached hydrogens (tertiary/aromatic N) is 4. The molecule has 19 heavy (non-hydrogen) atoms. The molecule has 0 saturated carbocycles. The minimum Gasteiger partial charge on any atom is -0.394 e. The summed E-state index contributed by atoms with van der Waals surface area (Å²) in [6.45, 7) is -0.341. The summed E-state index contributed by atoms with van der Waals surface area (Å²) in [5.74, 6) is 0.